The molecule has 2 aromatic rings. The Bertz CT molecular complexity index is 1130. The summed E-state index contributed by atoms with van der Waals surface area (Å²) in [6.45, 7) is 2.12. The van der Waals surface area contributed by atoms with Crippen LogP contribution in [0.1, 0.15) is 47.7 Å². The molecule has 4 bridgehead atoms. The van der Waals surface area contributed by atoms with Crippen LogP contribution in [0.3, 0.4) is 0 Å². The average Bonchev–Trinajstić information content (AvgIpc) is 3.28. The molecule has 4 atom stereocenters. The highest BCUT2D eigenvalue weighted by atomic mass is 79.9. The van der Waals surface area contributed by atoms with Crippen molar-refractivity contribution in [3.63, 3.8) is 0 Å². The Balaban J connectivity index is 1.75. The summed E-state index contributed by atoms with van der Waals surface area (Å²) in [5.41, 5.74) is 2.63. The molecule has 6 rings (SSSR count). The average molecular weight is 472 g/mol. The second-order valence-corrected chi connectivity index (χ2v) is 9.34. The van der Waals surface area contributed by atoms with E-state index in [1.54, 1.807) is 4.90 Å². The summed E-state index contributed by atoms with van der Waals surface area (Å²) in [5.74, 6) is 0.836. The number of hydrogen-bond acceptors (Lipinski definition) is 6. The Morgan fingerprint density at radius 3 is 2.67 bits per heavy atom. The molecule has 7 nitrogen and oxygen atoms in total. The zero-order chi connectivity index (χ0) is 20.8. The van der Waals surface area contributed by atoms with Crippen molar-refractivity contribution in [2.75, 3.05) is 13.9 Å². The molecule has 4 aliphatic rings. The number of halogens is 1. The maximum absolute atomic E-state index is 13.2. The molecule has 0 saturated carbocycles. The lowest BCUT2D eigenvalue weighted by atomic mass is 9.70. The van der Waals surface area contributed by atoms with Gasteiger partial charge in [0.25, 0.3) is 0 Å². The lowest BCUT2D eigenvalue weighted by molar-refractivity contribution is -0.161. The zero-order valence-electron chi connectivity index (χ0n) is 16.3. The van der Waals surface area contributed by atoms with E-state index in [1.807, 2.05) is 43.3 Å². The molecule has 1 amide bonds. The maximum atomic E-state index is 13.2. The van der Waals surface area contributed by atoms with E-state index in [-0.39, 0.29) is 19.2 Å². The van der Waals surface area contributed by atoms with Crippen LogP contribution >= 0.6 is 15.9 Å². The Kier molecular flexibility index (Phi) is 3.43. The van der Waals surface area contributed by atoms with Gasteiger partial charge < -0.3 is 18.9 Å². The second-order valence-electron chi connectivity index (χ2n) is 8.09. The van der Waals surface area contributed by atoms with E-state index < -0.39 is 28.1 Å². The van der Waals surface area contributed by atoms with Gasteiger partial charge in [-0.05, 0) is 35.7 Å². The number of benzene rings is 2. The van der Waals surface area contributed by atoms with Gasteiger partial charge in [-0.2, -0.15) is 0 Å². The van der Waals surface area contributed by atoms with Crippen molar-refractivity contribution in [1.29, 1.82) is 0 Å². The first-order valence-electron chi connectivity index (χ1n) is 9.70. The number of hydrogen-bond donors (Lipinski definition) is 0. The van der Waals surface area contributed by atoms with Gasteiger partial charge in [0.15, 0.2) is 11.5 Å². The fraction of sp³-hybridized carbons (Fsp3) is 0.364. The minimum atomic E-state index is -0.908. The minimum Gasteiger partial charge on any atom is -0.455 e. The normalized spacial score (nSPS) is 32.1. The van der Waals surface area contributed by atoms with Gasteiger partial charge >= 0.3 is 12.1 Å². The van der Waals surface area contributed by atoms with E-state index in [0.717, 1.165) is 22.3 Å². The Labute approximate surface area is 181 Å². The molecule has 154 valence electrons. The van der Waals surface area contributed by atoms with Gasteiger partial charge in [0.2, 0.25) is 6.79 Å². The van der Waals surface area contributed by atoms with E-state index >= 15 is 0 Å². The van der Waals surface area contributed by atoms with E-state index in [0.29, 0.717) is 11.5 Å². The maximum Gasteiger partial charge on any atom is 0.410 e. The first-order valence-corrected chi connectivity index (χ1v) is 10.5. The van der Waals surface area contributed by atoms with E-state index in [4.69, 9.17) is 18.9 Å². The molecule has 0 spiro atoms. The number of rotatable bonds is 0. The summed E-state index contributed by atoms with van der Waals surface area (Å²) in [6.07, 6.45) is -1.11. The molecule has 8 heteroatoms. The van der Waals surface area contributed by atoms with Crippen LogP contribution in [0.5, 0.6) is 11.5 Å². The minimum absolute atomic E-state index is 0.0436. The summed E-state index contributed by atoms with van der Waals surface area (Å²) >= 11 is 3.99. The third-order valence-corrected chi connectivity index (χ3v) is 8.52. The van der Waals surface area contributed by atoms with Crippen molar-refractivity contribution in [2.24, 2.45) is 0 Å². The third kappa shape index (κ3) is 1.87. The number of fused-ring (bicyclic) bond motifs is 6. The van der Waals surface area contributed by atoms with Crippen LogP contribution in [0.4, 0.5) is 4.79 Å². The number of ether oxygens (including phenoxy) is 4. The molecule has 1 saturated heterocycles. The topological polar surface area (TPSA) is 74.3 Å². The summed E-state index contributed by atoms with van der Waals surface area (Å²) in [7, 11) is 1.36. The number of alkyl halides is 1. The molecular formula is C22H18BrNO6. The van der Waals surface area contributed by atoms with Gasteiger partial charge in [-0.3, -0.25) is 9.69 Å². The van der Waals surface area contributed by atoms with Crippen molar-refractivity contribution < 1.29 is 28.5 Å². The smallest absolute Gasteiger partial charge is 0.410 e. The third-order valence-electron chi connectivity index (χ3n) is 6.91. The van der Waals surface area contributed by atoms with Crippen molar-refractivity contribution >= 4 is 28.0 Å². The molecule has 0 unspecified atom stereocenters. The quantitative estimate of drug-likeness (QED) is 0.426. The van der Waals surface area contributed by atoms with Crippen LogP contribution in [0.2, 0.25) is 0 Å². The van der Waals surface area contributed by atoms with Gasteiger partial charge in [-0.1, -0.05) is 40.2 Å². The lowest BCUT2D eigenvalue weighted by Crippen LogP contribution is -2.62. The largest absolute Gasteiger partial charge is 0.455 e. The van der Waals surface area contributed by atoms with Gasteiger partial charge in [-0.25, -0.2) is 4.79 Å². The zero-order valence-corrected chi connectivity index (χ0v) is 17.9. The monoisotopic (exact) mass is 471 g/mol. The van der Waals surface area contributed by atoms with Gasteiger partial charge in [0.05, 0.1) is 25.1 Å². The number of carbonyl (C=O) groups is 2. The molecule has 30 heavy (non-hydrogen) atoms. The van der Waals surface area contributed by atoms with Crippen LogP contribution in [0.25, 0.3) is 0 Å². The molecule has 3 aliphatic heterocycles. The van der Waals surface area contributed by atoms with Gasteiger partial charge in [0, 0.05) is 5.56 Å². The lowest BCUT2D eigenvalue weighted by Gasteiger charge is -2.57. The predicted molar refractivity (Wildman–Crippen MR) is 107 cm³/mol. The van der Waals surface area contributed by atoms with Crippen molar-refractivity contribution in [1.82, 2.24) is 4.90 Å². The molecule has 0 N–H and O–H groups in total. The molecule has 0 radical (unpaired) electrons. The number of nitrogens with zero attached hydrogens (tertiary/aromatic N) is 1. The number of methoxy groups -OCH3 is 1. The number of esters is 1. The van der Waals surface area contributed by atoms with Crippen LogP contribution < -0.4 is 9.47 Å². The first-order chi connectivity index (χ1) is 14.4. The Morgan fingerprint density at radius 2 is 1.90 bits per heavy atom. The number of carbonyl (C=O) groups excluding carboxylic acids is 2. The van der Waals surface area contributed by atoms with E-state index in [9.17, 15) is 9.59 Å². The van der Waals surface area contributed by atoms with Crippen LogP contribution in [0, 0.1) is 0 Å². The standard InChI is InChI=1S/C22H18BrNO6/c1-21-14-8-17-16(28-10-29-17)7-12(14)19-22(21,23)13-6-4-3-5-11(13)15(9-18(25)30-19)24(21)20(26)27-2/h3-8,15,19H,9-10H2,1-2H3/t15-,19-,21+,22+/m0/s1. The van der Waals surface area contributed by atoms with Crippen LogP contribution in [-0.4, -0.2) is 30.9 Å². The predicted octanol–water partition coefficient (Wildman–Crippen LogP) is 4.05. The SMILES string of the molecule is COC(=O)N1[C@H]2CC(=O)O[C@H]3c4cc5c(cc4[C@]1(C)[C@@]3(Br)c1ccccc12)OCO5. The van der Waals surface area contributed by atoms with Gasteiger partial charge in [0.1, 0.15) is 10.4 Å². The molecule has 2 aromatic carbocycles. The highest BCUT2D eigenvalue weighted by Gasteiger charge is 2.71. The molecule has 0 aromatic heterocycles. The van der Waals surface area contributed by atoms with Gasteiger partial charge in [-0.15, -0.1) is 0 Å². The second kappa shape index (κ2) is 5.69. The van der Waals surface area contributed by atoms with E-state index in [1.165, 1.54) is 7.11 Å². The molecular weight excluding hydrogens is 454 g/mol. The number of amides is 1. The molecule has 1 aliphatic carbocycles. The molecule has 1 fully saturated rings. The Morgan fingerprint density at radius 1 is 1.17 bits per heavy atom. The van der Waals surface area contributed by atoms with E-state index in [2.05, 4.69) is 15.9 Å². The molecule has 3 heterocycles. The first kappa shape index (κ1) is 18.1. The summed E-state index contributed by atoms with van der Waals surface area (Å²) in [4.78, 5) is 27.8. The highest BCUT2D eigenvalue weighted by molar-refractivity contribution is 9.09. The summed E-state index contributed by atoms with van der Waals surface area (Å²) < 4.78 is 21.5. The van der Waals surface area contributed by atoms with Crippen LogP contribution in [0.15, 0.2) is 36.4 Å². The fourth-order valence-corrected chi connectivity index (χ4v) is 6.74. The highest BCUT2D eigenvalue weighted by Crippen LogP contribution is 2.71. The van der Waals surface area contributed by atoms with Crippen LogP contribution in [-0.2, 0) is 24.1 Å². The Hall–Kier alpha value is -2.74. The summed E-state index contributed by atoms with van der Waals surface area (Å²) in [6, 6.07) is 11.1. The summed E-state index contributed by atoms with van der Waals surface area (Å²) in [5, 5.41) is 0. The van der Waals surface area contributed by atoms with Crippen molar-refractivity contribution in [3.05, 3.63) is 58.7 Å². The fourth-order valence-electron chi connectivity index (χ4n) is 5.63. The van der Waals surface area contributed by atoms with Crippen molar-refractivity contribution in [2.45, 2.75) is 35.4 Å². The van der Waals surface area contributed by atoms with Crippen molar-refractivity contribution in [3.8, 4) is 11.5 Å².